The number of hydrogen-bond donors (Lipinski definition) is 2. The molecule has 1 amide bonds. The Morgan fingerprint density at radius 3 is 2.61 bits per heavy atom. The van der Waals surface area contributed by atoms with Gasteiger partial charge in [0.1, 0.15) is 0 Å². The summed E-state index contributed by atoms with van der Waals surface area (Å²) >= 11 is 1.41. The highest BCUT2D eigenvalue weighted by molar-refractivity contribution is 7.20. The van der Waals surface area contributed by atoms with Crippen LogP contribution in [0.25, 0.3) is 26.6 Å². The third-order valence-corrected chi connectivity index (χ3v) is 6.06. The molecule has 0 aliphatic carbocycles. The molecule has 0 aliphatic heterocycles. The van der Waals surface area contributed by atoms with E-state index in [1.54, 1.807) is 25.3 Å². The summed E-state index contributed by atoms with van der Waals surface area (Å²) in [5.41, 5.74) is 5.53. The summed E-state index contributed by atoms with van der Waals surface area (Å²) in [5.74, 6) is -0.411. The van der Waals surface area contributed by atoms with Crippen LogP contribution in [-0.4, -0.2) is 31.4 Å². The van der Waals surface area contributed by atoms with E-state index in [-0.39, 0.29) is 5.56 Å². The van der Waals surface area contributed by atoms with Gasteiger partial charge in [-0.15, -0.1) is 0 Å². The van der Waals surface area contributed by atoms with Gasteiger partial charge in [0, 0.05) is 18.0 Å². The van der Waals surface area contributed by atoms with E-state index in [0.717, 1.165) is 15.8 Å². The van der Waals surface area contributed by atoms with E-state index < -0.39 is 5.91 Å². The van der Waals surface area contributed by atoms with Crippen molar-refractivity contribution in [3.05, 3.63) is 101 Å². The first kappa shape index (κ1) is 20.5. The second-order valence-corrected chi connectivity index (χ2v) is 8.22. The molecule has 0 radical (unpaired) electrons. The van der Waals surface area contributed by atoms with E-state index in [2.05, 4.69) is 25.6 Å². The van der Waals surface area contributed by atoms with Crippen molar-refractivity contribution in [3.63, 3.8) is 0 Å². The number of fused-ring (bicyclic) bond motifs is 1. The Labute approximate surface area is 192 Å². The number of para-hydroxylation sites is 1. The van der Waals surface area contributed by atoms with Crippen molar-refractivity contribution >= 4 is 33.2 Å². The van der Waals surface area contributed by atoms with Crippen LogP contribution in [0.4, 0.5) is 0 Å². The number of hydrazone groups is 1. The maximum atomic E-state index is 13.5. The van der Waals surface area contributed by atoms with Crippen molar-refractivity contribution in [2.75, 3.05) is 0 Å². The molecule has 0 spiro atoms. The fourth-order valence-corrected chi connectivity index (χ4v) is 4.35. The van der Waals surface area contributed by atoms with Crippen LogP contribution in [0.3, 0.4) is 0 Å². The zero-order valence-corrected chi connectivity index (χ0v) is 18.3. The van der Waals surface area contributed by atoms with Crippen LogP contribution in [0.15, 0.2) is 89.0 Å². The van der Waals surface area contributed by atoms with Crippen molar-refractivity contribution in [1.29, 1.82) is 0 Å². The molecule has 0 unspecified atom stereocenters. The number of carbonyl (C=O) groups excluding carboxylic acids is 1. The van der Waals surface area contributed by atoms with Crippen LogP contribution in [0.1, 0.15) is 22.8 Å². The number of aromatic nitrogens is 4. The molecule has 0 atom stereocenters. The minimum atomic E-state index is -0.411. The molecule has 5 rings (SSSR count). The minimum absolute atomic E-state index is 0.301. The third-order valence-electron chi connectivity index (χ3n) is 5.04. The molecular formula is C24H18N6O2S. The Balaban J connectivity index is 1.59. The average Bonchev–Trinajstić information content (AvgIpc) is 3.44. The summed E-state index contributed by atoms with van der Waals surface area (Å²) in [5, 5.41) is 7.92. The normalized spacial score (nSPS) is 11.6. The van der Waals surface area contributed by atoms with E-state index in [0.29, 0.717) is 27.7 Å². The maximum Gasteiger partial charge on any atom is 0.283 e. The zero-order valence-electron chi connectivity index (χ0n) is 17.5. The van der Waals surface area contributed by atoms with Crippen molar-refractivity contribution in [1.82, 2.24) is 25.2 Å². The molecule has 2 N–H and O–H groups in total. The summed E-state index contributed by atoms with van der Waals surface area (Å²) in [7, 11) is 0. The van der Waals surface area contributed by atoms with Crippen molar-refractivity contribution in [3.8, 4) is 16.4 Å². The van der Waals surface area contributed by atoms with E-state index in [4.69, 9.17) is 0 Å². The zero-order chi connectivity index (χ0) is 22.8. The Hall–Kier alpha value is -4.37. The van der Waals surface area contributed by atoms with Gasteiger partial charge in [0.2, 0.25) is 5.13 Å². The van der Waals surface area contributed by atoms with Gasteiger partial charge in [0.05, 0.1) is 32.7 Å². The number of nitrogens with one attached hydrogen (secondary N) is 2. The first-order chi connectivity index (χ1) is 16.1. The molecule has 3 heterocycles. The van der Waals surface area contributed by atoms with Gasteiger partial charge >= 0.3 is 0 Å². The molecule has 0 aliphatic rings. The summed E-state index contributed by atoms with van der Waals surface area (Å²) in [6, 6.07) is 20.5. The number of nitrogens with zero attached hydrogens (tertiary/aromatic N) is 4. The van der Waals surface area contributed by atoms with E-state index in [1.165, 1.54) is 22.2 Å². The molecule has 3 aromatic heterocycles. The number of amides is 1. The first-order valence-corrected chi connectivity index (χ1v) is 10.9. The minimum Gasteiger partial charge on any atom is -0.288 e. The lowest BCUT2D eigenvalue weighted by molar-refractivity contribution is 0.0954. The van der Waals surface area contributed by atoms with Crippen LogP contribution in [-0.2, 0) is 0 Å². The second-order valence-electron chi connectivity index (χ2n) is 7.21. The number of carbonyl (C=O) groups is 1. The Morgan fingerprint density at radius 1 is 1.06 bits per heavy atom. The van der Waals surface area contributed by atoms with E-state index >= 15 is 0 Å². The lowest BCUT2D eigenvalue weighted by atomic mass is 10.1. The number of H-pyrrole nitrogens is 1. The van der Waals surface area contributed by atoms with E-state index in [1.807, 2.05) is 54.6 Å². The Bertz CT molecular complexity index is 1500. The Morgan fingerprint density at radius 2 is 1.85 bits per heavy atom. The number of pyridine rings is 1. The molecule has 0 bridgehead atoms. The van der Waals surface area contributed by atoms with Crippen LogP contribution < -0.4 is 11.0 Å². The van der Waals surface area contributed by atoms with Crippen LogP contribution >= 0.6 is 11.3 Å². The van der Waals surface area contributed by atoms with Crippen LogP contribution in [0.5, 0.6) is 0 Å². The maximum absolute atomic E-state index is 13.5. The average molecular weight is 455 g/mol. The third kappa shape index (κ3) is 3.97. The quantitative estimate of drug-likeness (QED) is 0.309. The van der Waals surface area contributed by atoms with Crippen LogP contribution in [0.2, 0.25) is 0 Å². The predicted molar refractivity (Wildman–Crippen MR) is 129 cm³/mol. The number of hydrogen-bond acceptors (Lipinski definition) is 6. The van der Waals surface area contributed by atoms with Gasteiger partial charge in [-0.1, -0.05) is 53.8 Å². The molecule has 8 nitrogen and oxygen atoms in total. The number of rotatable bonds is 5. The Kier molecular flexibility index (Phi) is 5.37. The van der Waals surface area contributed by atoms with Gasteiger partial charge in [0.15, 0.2) is 0 Å². The van der Waals surface area contributed by atoms with E-state index in [9.17, 15) is 9.59 Å². The predicted octanol–water partition coefficient (Wildman–Crippen LogP) is 3.99. The lowest BCUT2D eigenvalue weighted by Crippen LogP contribution is -2.23. The van der Waals surface area contributed by atoms with Gasteiger partial charge < -0.3 is 0 Å². The molecule has 33 heavy (non-hydrogen) atoms. The molecule has 5 aromatic rings. The standard InChI is InChI=1S/C24H18N6O2S/c1-15(27-28-22(31)17-10-7-13-25-14-17)20-21(16-8-3-2-4-9-16)29-30(23(20)32)24-26-18-11-5-6-12-19(18)33-24/h2-14,29H,1H3,(H,28,31). The van der Waals surface area contributed by atoms with Gasteiger partial charge in [-0.25, -0.2) is 10.4 Å². The fourth-order valence-electron chi connectivity index (χ4n) is 3.43. The van der Waals surface area contributed by atoms with Gasteiger partial charge in [-0.2, -0.15) is 9.78 Å². The van der Waals surface area contributed by atoms with Gasteiger partial charge in [-0.3, -0.25) is 19.7 Å². The van der Waals surface area contributed by atoms with Crippen molar-refractivity contribution < 1.29 is 4.79 Å². The van der Waals surface area contributed by atoms with Crippen LogP contribution in [0, 0.1) is 0 Å². The monoisotopic (exact) mass is 454 g/mol. The molecule has 0 fully saturated rings. The second kappa shape index (κ2) is 8.64. The molecule has 162 valence electrons. The molecular weight excluding hydrogens is 436 g/mol. The van der Waals surface area contributed by atoms with Crippen molar-refractivity contribution in [2.45, 2.75) is 6.92 Å². The molecule has 0 saturated heterocycles. The fraction of sp³-hybridized carbons (Fsp3) is 0.0417. The number of aromatic amines is 1. The summed E-state index contributed by atoms with van der Waals surface area (Å²) in [6.07, 6.45) is 3.04. The molecule has 2 aromatic carbocycles. The first-order valence-electron chi connectivity index (χ1n) is 10.1. The number of thiazole rings is 1. The van der Waals surface area contributed by atoms with Gasteiger partial charge in [0.25, 0.3) is 11.5 Å². The summed E-state index contributed by atoms with van der Waals surface area (Å²) in [6.45, 7) is 1.68. The summed E-state index contributed by atoms with van der Waals surface area (Å²) in [4.78, 5) is 34.4. The highest BCUT2D eigenvalue weighted by Crippen LogP contribution is 2.26. The highest BCUT2D eigenvalue weighted by Gasteiger charge is 2.21. The SMILES string of the molecule is CC(=NNC(=O)c1cccnc1)c1c(-c2ccccc2)[nH]n(-c2nc3ccccc3s2)c1=O. The lowest BCUT2D eigenvalue weighted by Gasteiger charge is -2.03. The summed E-state index contributed by atoms with van der Waals surface area (Å²) < 4.78 is 2.40. The topological polar surface area (TPSA) is 105 Å². The highest BCUT2D eigenvalue weighted by atomic mass is 32.1. The molecule has 0 saturated carbocycles. The van der Waals surface area contributed by atoms with Gasteiger partial charge in [-0.05, 0) is 31.2 Å². The largest absolute Gasteiger partial charge is 0.288 e. The van der Waals surface area contributed by atoms with Crippen molar-refractivity contribution in [2.24, 2.45) is 5.10 Å². The number of benzene rings is 2. The molecule has 9 heteroatoms. The smallest absolute Gasteiger partial charge is 0.283 e.